The molecule has 0 aromatic carbocycles. The van der Waals surface area contributed by atoms with Gasteiger partial charge in [-0.3, -0.25) is 4.79 Å². The molecule has 0 saturated heterocycles. The van der Waals surface area contributed by atoms with Crippen LogP contribution in [0.5, 0.6) is 0 Å². The third kappa shape index (κ3) is 9.38. The highest BCUT2D eigenvalue weighted by Crippen LogP contribution is 2.38. The molecule has 0 bridgehead atoms. The van der Waals surface area contributed by atoms with Crippen molar-refractivity contribution in [2.75, 3.05) is 0 Å². The highest BCUT2D eigenvalue weighted by molar-refractivity contribution is 6.74. The molecular weight excluding hydrogens is 362 g/mol. The van der Waals surface area contributed by atoms with Crippen molar-refractivity contribution in [2.45, 2.75) is 92.5 Å². The van der Waals surface area contributed by atoms with E-state index in [1.165, 1.54) is 0 Å². The summed E-state index contributed by atoms with van der Waals surface area (Å²) in [6.07, 6.45) is 7.34. The van der Waals surface area contributed by atoms with Crippen LogP contribution in [0, 0.1) is 11.3 Å². The summed E-state index contributed by atoms with van der Waals surface area (Å²) in [7, 11) is -1.86. The molecule has 5 heteroatoms. The quantitative estimate of drug-likeness (QED) is 0.464. The van der Waals surface area contributed by atoms with Gasteiger partial charge in [0.25, 0.3) is 0 Å². The maximum absolute atomic E-state index is 12.2. The Balaban J connectivity index is 4.89. The van der Waals surface area contributed by atoms with Crippen LogP contribution in [-0.2, 0) is 9.22 Å². The van der Waals surface area contributed by atoms with Crippen molar-refractivity contribution in [1.29, 1.82) is 0 Å². The molecule has 0 rings (SSSR count). The van der Waals surface area contributed by atoms with Gasteiger partial charge in [-0.1, -0.05) is 72.2 Å². The molecule has 0 aliphatic carbocycles. The fourth-order valence-electron chi connectivity index (χ4n) is 1.96. The first-order valence-corrected chi connectivity index (χ1v) is 12.8. The lowest BCUT2D eigenvalue weighted by Crippen LogP contribution is -2.43. The predicted molar refractivity (Wildman–Crippen MR) is 117 cm³/mol. The maximum Gasteiger partial charge on any atom is 0.227 e. The van der Waals surface area contributed by atoms with Crippen molar-refractivity contribution in [3.8, 4) is 0 Å². The molecule has 2 atom stereocenters. The number of halogens is 1. The lowest BCUT2D eigenvalue weighted by Gasteiger charge is -2.39. The van der Waals surface area contributed by atoms with Crippen molar-refractivity contribution in [3.63, 3.8) is 0 Å². The zero-order valence-electron chi connectivity index (χ0n) is 18.5. The van der Waals surface area contributed by atoms with E-state index in [1.54, 1.807) is 6.20 Å². The Labute approximate surface area is 167 Å². The maximum atomic E-state index is 12.2. The van der Waals surface area contributed by atoms with Crippen LogP contribution >= 0.6 is 11.6 Å². The normalized spacial score (nSPS) is 16.7. The first kappa shape index (κ1) is 25.4. The summed E-state index contributed by atoms with van der Waals surface area (Å²) in [5.74, 6) is 0.000345. The van der Waals surface area contributed by atoms with E-state index in [2.05, 4.69) is 60.0 Å². The Bertz CT molecular complexity index is 509. The molecule has 0 aromatic rings. The highest BCUT2D eigenvalue weighted by atomic mass is 35.5. The topological polar surface area (TPSA) is 38.3 Å². The first-order valence-electron chi connectivity index (χ1n) is 9.53. The van der Waals surface area contributed by atoms with Gasteiger partial charge >= 0.3 is 0 Å². The Morgan fingerprint density at radius 3 is 2.12 bits per heavy atom. The SMILES string of the molecule is C/C(Cl)=C\C[C@@H](C/C=C\NC(=O)[C@@H](C)C(C)(C)C)O[Si](C)(C)C(C)(C)C. The monoisotopic (exact) mass is 401 g/mol. The molecule has 0 aliphatic heterocycles. The average molecular weight is 402 g/mol. The molecule has 0 fully saturated rings. The fourth-order valence-corrected chi connectivity index (χ4v) is 3.43. The Hall–Kier alpha value is -0.583. The summed E-state index contributed by atoms with van der Waals surface area (Å²) in [4.78, 5) is 12.2. The van der Waals surface area contributed by atoms with E-state index >= 15 is 0 Å². The molecule has 0 radical (unpaired) electrons. The van der Waals surface area contributed by atoms with E-state index < -0.39 is 8.32 Å². The van der Waals surface area contributed by atoms with Crippen molar-refractivity contribution in [3.05, 3.63) is 23.4 Å². The number of hydrogen-bond donors (Lipinski definition) is 1. The van der Waals surface area contributed by atoms with Crippen LogP contribution in [0.4, 0.5) is 0 Å². The van der Waals surface area contributed by atoms with Gasteiger partial charge in [-0.25, -0.2) is 0 Å². The molecule has 1 amide bonds. The third-order valence-corrected chi connectivity index (χ3v) is 10.1. The minimum Gasteiger partial charge on any atom is -0.413 e. The number of nitrogens with one attached hydrogen (secondary N) is 1. The third-order valence-electron chi connectivity index (χ3n) is 5.36. The summed E-state index contributed by atoms with van der Waals surface area (Å²) in [6, 6.07) is 0. The van der Waals surface area contributed by atoms with Crippen molar-refractivity contribution >= 4 is 25.8 Å². The molecule has 0 saturated carbocycles. The molecular formula is C21H40ClNO2Si. The van der Waals surface area contributed by atoms with Gasteiger partial charge in [0.05, 0.1) is 6.10 Å². The number of hydrogen-bond acceptors (Lipinski definition) is 2. The van der Waals surface area contributed by atoms with Gasteiger partial charge in [-0.05, 0) is 49.5 Å². The molecule has 26 heavy (non-hydrogen) atoms. The van der Waals surface area contributed by atoms with E-state index in [4.69, 9.17) is 16.0 Å². The van der Waals surface area contributed by atoms with Crippen LogP contribution in [0.1, 0.15) is 68.2 Å². The number of carbonyl (C=O) groups excluding carboxylic acids is 1. The Morgan fingerprint density at radius 2 is 1.69 bits per heavy atom. The van der Waals surface area contributed by atoms with Gasteiger partial charge in [0, 0.05) is 11.0 Å². The minimum atomic E-state index is -1.86. The molecule has 152 valence electrons. The molecule has 0 aliphatic rings. The van der Waals surface area contributed by atoms with Crippen LogP contribution < -0.4 is 5.32 Å². The smallest absolute Gasteiger partial charge is 0.227 e. The van der Waals surface area contributed by atoms with Gasteiger partial charge in [-0.2, -0.15) is 0 Å². The highest BCUT2D eigenvalue weighted by Gasteiger charge is 2.38. The lowest BCUT2D eigenvalue weighted by atomic mass is 9.81. The molecule has 0 unspecified atom stereocenters. The van der Waals surface area contributed by atoms with Gasteiger partial charge in [0.1, 0.15) is 0 Å². The minimum absolute atomic E-state index is 0.0471. The van der Waals surface area contributed by atoms with E-state index in [9.17, 15) is 4.79 Å². The standard InChI is InChI=1S/C21H40ClNO2Si/c1-16(22)13-14-18(25-26(9,10)21(6,7)8)12-11-15-23-19(24)17(2)20(3,4)5/h11,13,15,17-18H,12,14H2,1-10H3,(H,23,24)/b15-11-,16-13+/t17-,18-/m1/s1. The largest absolute Gasteiger partial charge is 0.413 e. The van der Waals surface area contributed by atoms with Crippen LogP contribution in [0.3, 0.4) is 0 Å². The summed E-state index contributed by atoms with van der Waals surface area (Å²) in [5, 5.41) is 3.84. The summed E-state index contributed by atoms with van der Waals surface area (Å²) >= 11 is 6.01. The van der Waals surface area contributed by atoms with Crippen LogP contribution in [0.25, 0.3) is 0 Å². The van der Waals surface area contributed by atoms with Crippen LogP contribution in [0.2, 0.25) is 18.1 Å². The summed E-state index contributed by atoms with van der Waals surface area (Å²) in [5.41, 5.74) is -0.0471. The molecule has 3 nitrogen and oxygen atoms in total. The van der Waals surface area contributed by atoms with Gasteiger partial charge < -0.3 is 9.74 Å². The first-order chi connectivity index (χ1) is 11.6. The zero-order valence-corrected chi connectivity index (χ0v) is 20.3. The van der Waals surface area contributed by atoms with Crippen LogP contribution in [-0.4, -0.2) is 20.3 Å². The predicted octanol–water partition coefficient (Wildman–Crippen LogP) is 6.61. The molecule has 0 spiro atoms. The van der Waals surface area contributed by atoms with Crippen molar-refractivity contribution in [1.82, 2.24) is 5.32 Å². The summed E-state index contributed by atoms with van der Waals surface area (Å²) in [6.45, 7) is 21.3. The average Bonchev–Trinajstić information content (AvgIpc) is 2.45. The summed E-state index contributed by atoms with van der Waals surface area (Å²) < 4.78 is 6.53. The molecule has 0 heterocycles. The lowest BCUT2D eigenvalue weighted by molar-refractivity contribution is -0.126. The van der Waals surface area contributed by atoms with Crippen LogP contribution in [0.15, 0.2) is 23.4 Å². The van der Waals surface area contributed by atoms with Gasteiger partial charge in [0.15, 0.2) is 8.32 Å². The number of amides is 1. The number of carbonyl (C=O) groups is 1. The Kier molecular flexibility index (Phi) is 9.87. The van der Waals surface area contributed by atoms with E-state index in [1.807, 2.05) is 26.0 Å². The second kappa shape index (κ2) is 10.1. The fraction of sp³-hybridized carbons (Fsp3) is 0.762. The zero-order chi connectivity index (χ0) is 20.8. The van der Waals surface area contributed by atoms with Crippen molar-refractivity contribution < 1.29 is 9.22 Å². The number of rotatable bonds is 8. The molecule has 1 N–H and O–H groups in total. The Morgan fingerprint density at radius 1 is 1.15 bits per heavy atom. The van der Waals surface area contributed by atoms with E-state index in [0.717, 1.165) is 17.9 Å². The van der Waals surface area contributed by atoms with E-state index in [0.29, 0.717) is 0 Å². The molecule has 0 aromatic heterocycles. The van der Waals surface area contributed by atoms with Crippen molar-refractivity contribution in [2.24, 2.45) is 11.3 Å². The second-order valence-corrected chi connectivity index (χ2v) is 15.1. The second-order valence-electron chi connectivity index (χ2n) is 9.76. The number of allylic oxidation sites excluding steroid dienone is 1. The van der Waals surface area contributed by atoms with Gasteiger partial charge in [0.2, 0.25) is 5.91 Å². The van der Waals surface area contributed by atoms with Gasteiger partial charge in [-0.15, -0.1) is 0 Å². The van der Waals surface area contributed by atoms with E-state index in [-0.39, 0.29) is 28.4 Å².